The fraction of sp³-hybridized carbons (Fsp3) is 0.812. The van der Waals surface area contributed by atoms with E-state index in [4.69, 9.17) is 0 Å². The summed E-state index contributed by atoms with van der Waals surface area (Å²) in [6.45, 7) is 13.8. The Morgan fingerprint density at radius 2 is 2.04 bits per heavy atom. The van der Waals surface area contributed by atoms with Gasteiger partial charge in [0.2, 0.25) is 11.0 Å². The van der Waals surface area contributed by atoms with Gasteiger partial charge in [0.05, 0.1) is 6.04 Å². The highest BCUT2D eigenvalue weighted by Crippen LogP contribution is 2.20. The summed E-state index contributed by atoms with van der Waals surface area (Å²) in [6, 6.07) is -0.102. The first-order valence-electron chi connectivity index (χ1n) is 8.44. The van der Waals surface area contributed by atoms with Gasteiger partial charge in [-0.2, -0.15) is 4.37 Å². The topological polar surface area (TPSA) is 61.4 Å². The minimum Gasteiger partial charge on any atom is -0.350 e. The third-order valence-corrected chi connectivity index (χ3v) is 4.81. The van der Waals surface area contributed by atoms with Crippen LogP contribution in [0.3, 0.4) is 0 Å². The molecule has 1 aliphatic rings. The minimum absolute atomic E-state index is 0.102. The standard InChI is InChI=1S/C16H29N5OS/c1-6-13-17-15(23-19-13)21-9-7-8-20(10-11-21)12(2)14(22)18-16(3,4)5/h12H,6-11H2,1-5H3,(H,18,22). The highest BCUT2D eigenvalue weighted by Gasteiger charge is 2.27. The zero-order chi connectivity index (χ0) is 17.0. The maximum absolute atomic E-state index is 12.4. The summed E-state index contributed by atoms with van der Waals surface area (Å²) in [4.78, 5) is 21.5. The minimum atomic E-state index is -0.188. The number of nitrogens with one attached hydrogen (secondary N) is 1. The second kappa shape index (κ2) is 7.57. The lowest BCUT2D eigenvalue weighted by Crippen LogP contribution is -2.51. The highest BCUT2D eigenvalue weighted by atomic mass is 32.1. The van der Waals surface area contributed by atoms with Crippen molar-refractivity contribution in [1.82, 2.24) is 19.6 Å². The van der Waals surface area contributed by atoms with E-state index in [-0.39, 0.29) is 17.5 Å². The van der Waals surface area contributed by atoms with Crippen LogP contribution in [0.15, 0.2) is 0 Å². The first kappa shape index (κ1) is 18.1. The molecule has 0 bridgehead atoms. The van der Waals surface area contributed by atoms with Crippen LogP contribution >= 0.6 is 11.5 Å². The second-order valence-electron chi connectivity index (χ2n) is 7.14. The van der Waals surface area contributed by atoms with E-state index in [1.807, 2.05) is 27.7 Å². The van der Waals surface area contributed by atoms with Crippen LogP contribution in [0.1, 0.15) is 46.9 Å². The smallest absolute Gasteiger partial charge is 0.237 e. The number of carbonyl (C=O) groups is 1. The van der Waals surface area contributed by atoms with Crippen LogP contribution in [0.4, 0.5) is 5.13 Å². The van der Waals surface area contributed by atoms with Crippen molar-refractivity contribution in [2.45, 2.75) is 59.0 Å². The maximum Gasteiger partial charge on any atom is 0.237 e. The molecule has 1 aromatic rings. The van der Waals surface area contributed by atoms with Crippen LogP contribution in [0.5, 0.6) is 0 Å². The fourth-order valence-corrected chi connectivity index (χ4v) is 3.47. The molecule has 1 aromatic heterocycles. The molecule has 0 aliphatic carbocycles. The molecule has 1 fully saturated rings. The first-order chi connectivity index (χ1) is 10.8. The van der Waals surface area contributed by atoms with E-state index < -0.39 is 0 Å². The number of aromatic nitrogens is 2. The van der Waals surface area contributed by atoms with Crippen molar-refractivity contribution in [3.63, 3.8) is 0 Å². The molecule has 2 heterocycles. The number of hydrogen-bond donors (Lipinski definition) is 1. The zero-order valence-electron chi connectivity index (χ0n) is 14.9. The lowest BCUT2D eigenvalue weighted by Gasteiger charge is -2.30. The normalized spacial score (nSPS) is 18.6. The molecule has 0 spiro atoms. The summed E-state index contributed by atoms with van der Waals surface area (Å²) in [6.07, 6.45) is 1.91. The fourth-order valence-electron chi connectivity index (χ4n) is 2.67. The van der Waals surface area contributed by atoms with Crippen molar-refractivity contribution in [1.29, 1.82) is 0 Å². The summed E-state index contributed by atoms with van der Waals surface area (Å²) in [7, 11) is 0. The highest BCUT2D eigenvalue weighted by molar-refractivity contribution is 7.09. The van der Waals surface area contributed by atoms with Gasteiger partial charge in [0, 0.05) is 49.7 Å². The van der Waals surface area contributed by atoms with Crippen molar-refractivity contribution in [3.8, 4) is 0 Å². The van der Waals surface area contributed by atoms with Crippen LogP contribution in [0.25, 0.3) is 0 Å². The number of aryl methyl sites for hydroxylation is 1. The molecule has 0 saturated carbocycles. The Bertz CT molecular complexity index is 525. The summed E-state index contributed by atoms with van der Waals surface area (Å²) >= 11 is 1.48. The van der Waals surface area contributed by atoms with E-state index >= 15 is 0 Å². The Hall–Kier alpha value is -1.21. The SMILES string of the molecule is CCc1nsc(N2CCCN(C(C)C(=O)NC(C)(C)C)CC2)n1. The number of hydrogen-bond acceptors (Lipinski definition) is 6. The first-order valence-corrected chi connectivity index (χ1v) is 9.21. The third kappa shape index (κ3) is 5.14. The van der Waals surface area contributed by atoms with Gasteiger partial charge in [-0.15, -0.1) is 0 Å². The summed E-state index contributed by atoms with van der Waals surface area (Å²) in [5, 5.41) is 4.09. The van der Waals surface area contributed by atoms with Crippen molar-refractivity contribution in [2.75, 3.05) is 31.1 Å². The number of anilines is 1. The molecular formula is C16H29N5OS. The van der Waals surface area contributed by atoms with Gasteiger partial charge >= 0.3 is 0 Å². The summed E-state index contributed by atoms with van der Waals surface area (Å²) < 4.78 is 4.37. The van der Waals surface area contributed by atoms with Crippen LogP contribution < -0.4 is 10.2 Å². The van der Waals surface area contributed by atoms with Crippen LogP contribution in [-0.2, 0) is 11.2 Å². The monoisotopic (exact) mass is 339 g/mol. The number of amides is 1. The van der Waals surface area contributed by atoms with Crippen LogP contribution in [0, 0.1) is 0 Å². The summed E-state index contributed by atoms with van der Waals surface area (Å²) in [5.74, 6) is 1.03. The van der Waals surface area contributed by atoms with Gasteiger partial charge in [0.1, 0.15) is 5.82 Å². The molecule has 1 unspecified atom stereocenters. The van der Waals surface area contributed by atoms with E-state index in [9.17, 15) is 4.79 Å². The lowest BCUT2D eigenvalue weighted by atomic mass is 10.1. The van der Waals surface area contributed by atoms with Gasteiger partial charge in [-0.1, -0.05) is 6.92 Å². The molecule has 0 radical (unpaired) electrons. The van der Waals surface area contributed by atoms with E-state index in [2.05, 4.69) is 31.4 Å². The predicted octanol–water partition coefficient (Wildman–Crippen LogP) is 1.92. The van der Waals surface area contributed by atoms with Gasteiger partial charge in [-0.25, -0.2) is 4.98 Å². The van der Waals surface area contributed by atoms with E-state index in [0.717, 1.165) is 50.0 Å². The number of carbonyl (C=O) groups excluding carboxylic acids is 1. The van der Waals surface area contributed by atoms with E-state index in [1.54, 1.807) is 0 Å². The lowest BCUT2D eigenvalue weighted by molar-refractivity contribution is -0.127. The number of rotatable bonds is 4. The molecule has 6 nitrogen and oxygen atoms in total. The van der Waals surface area contributed by atoms with Crippen molar-refractivity contribution >= 4 is 22.6 Å². The van der Waals surface area contributed by atoms with Gasteiger partial charge in [-0.05, 0) is 34.1 Å². The Kier molecular flexibility index (Phi) is 5.97. The maximum atomic E-state index is 12.4. The van der Waals surface area contributed by atoms with Crippen molar-refractivity contribution < 1.29 is 4.79 Å². The van der Waals surface area contributed by atoms with Crippen LogP contribution in [-0.4, -0.2) is 57.9 Å². The molecule has 0 aromatic carbocycles. The van der Waals surface area contributed by atoms with E-state index in [1.165, 1.54) is 11.5 Å². The average Bonchev–Trinajstić information content (AvgIpc) is 2.82. The molecule has 1 saturated heterocycles. The van der Waals surface area contributed by atoms with Gasteiger partial charge in [-0.3, -0.25) is 9.69 Å². The molecule has 1 N–H and O–H groups in total. The molecule has 1 aliphatic heterocycles. The Labute approximate surface area is 143 Å². The largest absolute Gasteiger partial charge is 0.350 e. The quantitative estimate of drug-likeness (QED) is 0.908. The molecule has 7 heteroatoms. The second-order valence-corrected chi connectivity index (χ2v) is 7.87. The average molecular weight is 340 g/mol. The zero-order valence-corrected chi connectivity index (χ0v) is 15.7. The Morgan fingerprint density at radius 1 is 1.30 bits per heavy atom. The molecular weight excluding hydrogens is 310 g/mol. The predicted molar refractivity (Wildman–Crippen MR) is 95.0 cm³/mol. The van der Waals surface area contributed by atoms with Crippen LogP contribution in [0.2, 0.25) is 0 Å². The molecule has 1 amide bonds. The van der Waals surface area contributed by atoms with E-state index in [0.29, 0.717) is 0 Å². The Morgan fingerprint density at radius 3 is 2.65 bits per heavy atom. The molecule has 23 heavy (non-hydrogen) atoms. The van der Waals surface area contributed by atoms with Gasteiger partial charge < -0.3 is 10.2 Å². The molecule has 2 rings (SSSR count). The molecule has 1 atom stereocenters. The van der Waals surface area contributed by atoms with Crippen molar-refractivity contribution in [3.05, 3.63) is 5.82 Å². The Balaban J connectivity index is 1.93. The molecule has 130 valence electrons. The summed E-state index contributed by atoms with van der Waals surface area (Å²) in [5.41, 5.74) is -0.188. The van der Waals surface area contributed by atoms with Crippen molar-refractivity contribution in [2.24, 2.45) is 0 Å². The number of nitrogens with zero attached hydrogens (tertiary/aromatic N) is 4. The van der Waals surface area contributed by atoms with Gasteiger partial charge in [0.15, 0.2) is 0 Å². The third-order valence-electron chi connectivity index (χ3n) is 4.00. The van der Waals surface area contributed by atoms with Gasteiger partial charge in [0.25, 0.3) is 0 Å².